The molecule has 2 unspecified atom stereocenters. The van der Waals surface area contributed by atoms with Crippen molar-refractivity contribution in [2.24, 2.45) is 0 Å². The Morgan fingerprint density at radius 1 is 1.62 bits per heavy atom. The van der Waals surface area contributed by atoms with E-state index in [1.807, 2.05) is 22.5 Å². The highest BCUT2D eigenvalue weighted by molar-refractivity contribution is 7.99. The maximum Gasteiger partial charge on any atom is 0.271 e. The van der Waals surface area contributed by atoms with Gasteiger partial charge in [-0.3, -0.25) is 4.79 Å². The van der Waals surface area contributed by atoms with Gasteiger partial charge in [0.15, 0.2) is 0 Å². The highest BCUT2D eigenvalue weighted by Gasteiger charge is 2.40. The van der Waals surface area contributed by atoms with E-state index in [4.69, 9.17) is 4.74 Å². The van der Waals surface area contributed by atoms with Crippen molar-refractivity contribution < 1.29 is 9.53 Å². The Morgan fingerprint density at radius 2 is 2.48 bits per heavy atom. The average Bonchev–Trinajstić information content (AvgIpc) is 3.08. The van der Waals surface area contributed by atoms with Gasteiger partial charge in [-0.15, -0.1) is 0 Å². The number of hydrogen-bond acceptors (Lipinski definition) is 4. The lowest BCUT2D eigenvalue weighted by atomic mass is 9.90. The first-order valence-corrected chi connectivity index (χ1v) is 8.79. The van der Waals surface area contributed by atoms with E-state index in [1.165, 1.54) is 5.75 Å². The van der Waals surface area contributed by atoms with Gasteiger partial charge in [-0.25, -0.2) is 4.98 Å². The van der Waals surface area contributed by atoms with Crippen LogP contribution in [0.3, 0.4) is 0 Å². The molecule has 0 bridgehead atoms. The summed E-state index contributed by atoms with van der Waals surface area (Å²) < 4.78 is 7.94. The summed E-state index contributed by atoms with van der Waals surface area (Å²) in [6, 6.07) is 0.523. The minimum atomic E-state index is -0.0675. The molecule has 3 heterocycles. The molecule has 1 aromatic rings. The van der Waals surface area contributed by atoms with E-state index in [-0.39, 0.29) is 17.6 Å². The maximum absolute atomic E-state index is 12.3. The Balaban J connectivity index is 1.61. The first kappa shape index (κ1) is 14.9. The summed E-state index contributed by atoms with van der Waals surface area (Å²) in [6.45, 7) is 4.89. The van der Waals surface area contributed by atoms with E-state index in [9.17, 15) is 4.79 Å². The van der Waals surface area contributed by atoms with Crippen LogP contribution in [0.4, 0.5) is 0 Å². The molecule has 2 aliphatic rings. The standard InChI is InChI=1S/C15H23N3O2S/c1-11(2)18-8-13(16-10-18)14(19)17-12-3-5-20-15(7-12)4-6-21-9-15/h8,10-12H,3-7,9H2,1-2H3,(H,17,19). The Kier molecular flexibility index (Phi) is 4.26. The van der Waals surface area contributed by atoms with Crippen molar-refractivity contribution in [3.8, 4) is 0 Å². The predicted octanol–water partition coefficient (Wildman–Crippen LogP) is 2.25. The van der Waals surface area contributed by atoms with Crippen LogP contribution < -0.4 is 5.32 Å². The molecule has 5 nitrogen and oxygen atoms in total. The van der Waals surface area contributed by atoms with E-state index in [0.717, 1.165) is 31.6 Å². The van der Waals surface area contributed by atoms with Crippen molar-refractivity contribution >= 4 is 17.7 Å². The van der Waals surface area contributed by atoms with Crippen molar-refractivity contribution in [3.63, 3.8) is 0 Å². The summed E-state index contributed by atoms with van der Waals surface area (Å²) >= 11 is 1.95. The largest absolute Gasteiger partial charge is 0.374 e. The second-order valence-electron chi connectivity index (χ2n) is 6.30. The molecule has 0 aliphatic carbocycles. The number of aromatic nitrogens is 2. The third kappa shape index (κ3) is 3.26. The molecule has 2 fully saturated rings. The average molecular weight is 309 g/mol. The molecule has 1 N–H and O–H groups in total. The number of rotatable bonds is 3. The summed E-state index contributed by atoms with van der Waals surface area (Å²) in [6.07, 6.45) is 6.46. The monoisotopic (exact) mass is 309 g/mol. The minimum absolute atomic E-state index is 0.00183. The number of carbonyl (C=O) groups is 1. The number of nitrogens with one attached hydrogen (secondary N) is 1. The van der Waals surface area contributed by atoms with Gasteiger partial charge in [0.2, 0.25) is 0 Å². The van der Waals surface area contributed by atoms with Crippen LogP contribution in [0.15, 0.2) is 12.5 Å². The van der Waals surface area contributed by atoms with Crippen molar-refractivity contribution in [1.82, 2.24) is 14.9 Å². The summed E-state index contributed by atoms with van der Waals surface area (Å²) in [7, 11) is 0. The number of nitrogens with zero attached hydrogens (tertiary/aromatic N) is 2. The second kappa shape index (κ2) is 6.01. The van der Waals surface area contributed by atoms with Crippen LogP contribution in [0.5, 0.6) is 0 Å². The zero-order valence-electron chi connectivity index (χ0n) is 12.7. The fourth-order valence-electron chi connectivity index (χ4n) is 3.01. The highest BCUT2D eigenvalue weighted by atomic mass is 32.2. The molecule has 116 valence electrons. The van der Waals surface area contributed by atoms with Crippen LogP contribution in [0.25, 0.3) is 0 Å². The van der Waals surface area contributed by atoms with Gasteiger partial charge in [0.25, 0.3) is 5.91 Å². The van der Waals surface area contributed by atoms with Crippen molar-refractivity contribution in [2.75, 3.05) is 18.1 Å². The molecule has 2 aliphatic heterocycles. The Morgan fingerprint density at radius 3 is 3.14 bits per heavy atom. The lowest BCUT2D eigenvalue weighted by Gasteiger charge is -2.37. The quantitative estimate of drug-likeness (QED) is 0.930. The van der Waals surface area contributed by atoms with Crippen LogP contribution in [0, 0.1) is 0 Å². The summed E-state index contributed by atoms with van der Waals surface area (Å²) in [5.41, 5.74) is 0.503. The fraction of sp³-hybridized carbons (Fsp3) is 0.733. The molecule has 1 aromatic heterocycles. The van der Waals surface area contributed by atoms with Gasteiger partial charge in [-0.2, -0.15) is 11.8 Å². The maximum atomic E-state index is 12.3. The van der Waals surface area contributed by atoms with E-state index in [1.54, 1.807) is 6.33 Å². The molecule has 2 atom stereocenters. The van der Waals surface area contributed by atoms with Gasteiger partial charge in [0, 0.05) is 30.6 Å². The minimum Gasteiger partial charge on any atom is -0.374 e. The van der Waals surface area contributed by atoms with E-state index in [2.05, 4.69) is 24.1 Å². The first-order chi connectivity index (χ1) is 10.1. The second-order valence-corrected chi connectivity index (χ2v) is 7.40. The third-order valence-corrected chi connectivity index (χ3v) is 5.55. The number of amides is 1. The lowest BCUT2D eigenvalue weighted by Crippen LogP contribution is -2.48. The number of imidazole rings is 1. The van der Waals surface area contributed by atoms with Crippen molar-refractivity contribution in [1.29, 1.82) is 0 Å². The van der Waals surface area contributed by atoms with Crippen molar-refractivity contribution in [3.05, 3.63) is 18.2 Å². The van der Waals surface area contributed by atoms with Gasteiger partial charge >= 0.3 is 0 Å². The van der Waals surface area contributed by atoms with Gasteiger partial charge in [0.1, 0.15) is 5.69 Å². The summed E-state index contributed by atoms with van der Waals surface area (Å²) in [5.74, 6) is 2.16. The van der Waals surface area contributed by atoms with Crippen LogP contribution in [-0.4, -0.2) is 45.2 Å². The van der Waals surface area contributed by atoms with Gasteiger partial charge in [-0.05, 0) is 38.9 Å². The van der Waals surface area contributed by atoms with Crippen LogP contribution in [0.2, 0.25) is 0 Å². The zero-order valence-corrected chi connectivity index (χ0v) is 13.5. The number of hydrogen-bond donors (Lipinski definition) is 1. The molecule has 0 saturated carbocycles. The summed E-state index contributed by atoms with van der Waals surface area (Å²) in [4.78, 5) is 16.5. The molecule has 21 heavy (non-hydrogen) atoms. The molecule has 1 amide bonds. The molecule has 3 rings (SSSR count). The number of thioether (sulfide) groups is 1. The molecule has 0 radical (unpaired) electrons. The van der Waals surface area contributed by atoms with E-state index >= 15 is 0 Å². The van der Waals surface area contributed by atoms with Crippen LogP contribution in [0.1, 0.15) is 49.6 Å². The molecule has 6 heteroatoms. The van der Waals surface area contributed by atoms with Gasteiger partial charge in [-0.1, -0.05) is 0 Å². The SMILES string of the molecule is CC(C)n1cnc(C(=O)NC2CCOC3(CCSC3)C2)c1. The van der Waals surface area contributed by atoms with Gasteiger partial charge in [0.05, 0.1) is 11.9 Å². The fourth-order valence-corrected chi connectivity index (χ4v) is 4.39. The smallest absolute Gasteiger partial charge is 0.271 e. The van der Waals surface area contributed by atoms with Crippen LogP contribution in [-0.2, 0) is 4.74 Å². The zero-order chi connectivity index (χ0) is 14.9. The topological polar surface area (TPSA) is 56.2 Å². The Bertz CT molecular complexity index is 509. The normalized spacial score (nSPS) is 29.2. The molecular formula is C15H23N3O2S. The highest BCUT2D eigenvalue weighted by Crippen LogP contribution is 2.38. The first-order valence-electron chi connectivity index (χ1n) is 7.64. The van der Waals surface area contributed by atoms with Crippen LogP contribution >= 0.6 is 11.8 Å². The van der Waals surface area contributed by atoms with E-state index in [0.29, 0.717) is 11.7 Å². The number of carbonyl (C=O) groups excluding carboxylic acids is 1. The molecule has 0 aromatic carbocycles. The third-order valence-electron chi connectivity index (χ3n) is 4.33. The lowest BCUT2D eigenvalue weighted by molar-refractivity contribution is -0.0688. The van der Waals surface area contributed by atoms with Crippen molar-refractivity contribution in [2.45, 2.75) is 50.8 Å². The molecule has 2 saturated heterocycles. The Hall–Kier alpha value is -1.01. The predicted molar refractivity (Wildman–Crippen MR) is 83.7 cm³/mol. The molecular weight excluding hydrogens is 286 g/mol. The van der Waals surface area contributed by atoms with E-state index < -0.39 is 0 Å². The number of ether oxygens (including phenoxy) is 1. The molecule has 1 spiro atoms. The Labute approximate surface area is 129 Å². The summed E-state index contributed by atoms with van der Waals surface area (Å²) in [5, 5.41) is 3.13. The van der Waals surface area contributed by atoms with Gasteiger partial charge < -0.3 is 14.6 Å².